The average Bonchev–Trinajstić information content (AvgIpc) is 2.89. The van der Waals surface area contributed by atoms with Crippen LogP contribution in [-0.2, 0) is 9.84 Å². The van der Waals surface area contributed by atoms with Gasteiger partial charge in [-0.2, -0.15) is 0 Å². The zero-order chi connectivity index (χ0) is 14.9. The number of nitro groups is 1. The molecule has 0 radical (unpaired) electrons. The number of nitrogens with one attached hydrogen (secondary N) is 1. The van der Waals surface area contributed by atoms with Gasteiger partial charge in [-0.15, -0.1) is 5.10 Å². The Morgan fingerprint density at radius 1 is 1.30 bits per heavy atom. The summed E-state index contributed by atoms with van der Waals surface area (Å²) in [4.78, 5) is 13.2. The molecule has 0 atom stereocenters. The third-order valence-electron chi connectivity index (χ3n) is 2.70. The molecule has 0 aliphatic heterocycles. The number of aromatic amines is 1. The largest absolute Gasteiger partial charge is 0.454 e. The zero-order valence-corrected chi connectivity index (χ0v) is 11.6. The molecule has 0 unspecified atom stereocenters. The first-order valence-corrected chi connectivity index (χ1v) is 7.23. The first-order valence-electron chi connectivity index (χ1n) is 5.75. The number of benzene rings is 1. The minimum atomic E-state index is -3.99. The Hall–Kier alpha value is -2.29. The van der Waals surface area contributed by atoms with Gasteiger partial charge in [-0.3, -0.25) is 0 Å². The highest BCUT2D eigenvalue weighted by Gasteiger charge is 2.31. The van der Waals surface area contributed by atoms with Crippen molar-refractivity contribution in [1.29, 1.82) is 0 Å². The number of hydrogen-bond acceptors (Lipinski definition) is 6. The Kier molecular flexibility index (Phi) is 3.53. The average molecular weight is 296 g/mol. The van der Waals surface area contributed by atoms with E-state index in [1.54, 1.807) is 18.2 Å². The van der Waals surface area contributed by atoms with Crippen molar-refractivity contribution in [3.05, 3.63) is 39.9 Å². The van der Waals surface area contributed by atoms with E-state index in [4.69, 9.17) is 0 Å². The highest BCUT2D eigenvalue weighted by molar-refractivity contribution is 7.91. The van der Waals surface area contributed by atoms with Gasteiger partial charge in [0.2, 0.25) is 0 Å². The van der Waals surface area contributed by atoms with Gasteiger partial charge in [0.25, 0.3) is 9.84 Å². The molecule has 1 aromatic carbocycles. The molecule has 0 aliphatic carbocycles. The predicted molar refractivity (Wildman–Crippen MR) is 69.0 cm³/mol. The molecule has 0 fully saturated rings. The van der Waals surface area contributed by atoms with Gasteiger partial charge in [0.05, 0.1) is 4.90 Å². The number of H-pyrrole nitrogens is 1. The van der Waals surface area contributed by atoms with Gasteiger partial charge >= 0.3 is 11.1 Å². The summed E-state index contributed by atoms with van der Waals surface area (Å²) >= 11 is 0. The monoisotopic (exact) mass is 296 g/mol. The molecule has 1 heterocycles. The van der Waals surface area contributed by atoms with Gasteiger partial charge in [0.1, 0.15) is 0 Å². The van der Waals surface area contributed by atoms with Crippen LogP contribution in [0.25, 0.3) is 0 Å². The van der Waals surface area contributed by atoms with E-state index in [0.29, 0.717) is 5.56 Å². The quantitative estimate of drug-likeness (QED) is 0.677. The van der Waals surface area contributed by atoms with E-state index < -0.39 is 25.9 Å². The van der Waals surface area contributed by atoms with Crippen molar-refractivity contribution in [2.75, 3.05) is 0 Å². The Morgan fingerprint density at radius 3 is 2.50 bits per heavy atom. The van der Waals surface area contributed by atoms with E-state index in [0.717, 1.165) is 0 Å². The zero-order valence-electron chi connectivity index (χ0n) is 10.8. The van der Waals surface area contributed by atoms with Crippen molar-refractivity contribution in [2.45, 2.75) is 29.8 Å². The first-order chi connectivity index (χ1) is 9.34. The van der Waals surface area contributed by atoms with Crippen LogP contribution in [0.2, 0.25) is 0 Å². The minimum absolute atomic E-state index is 0.0186. The molecule has 1 N–H and O–H groups in total. The van der Waals surface area contributed by atoms with E-state index in [2.05, 4.69) is 10.1 Å². The fourth-order valence-electron chi connectivity index (χ4n) is 1.74. The fraction of sp³-hybridized carbons (Fsp3) is 0.273. The van der Waals surface area contributed by atoms with Crippen LogP contribution < -0.4 is 0 Å². The molecule has 8 nitrogen and oxygen atoms in total. The van der Waals surface area contributed by atoms with Crippen molar-refractivity contribution in [1.82, 2.24) is 15.2 Å². The van der Waals surface area contributed by atoms with Crippen LogP contribution in [0.5, 0.6) is 0 Å². The van der Waals surface area contributed by atoms with E-state index >= 15 is 0 Å². The Morgan fingerprint density at radius 2 is 1.95 bits per heavy atom. The maximum Gasteiger partial charge on any atom is 0.454 e. The minimum Gasteiger partial charge on any atom is -0.390 e. The summed E-state index contributed by atoms with van der Waals surface area (Å²) in [5.41, 5.74) is 0.611. The molecule has 0 saturated heterocycles. The lowest BCUT2D eigenvalue weighted by molar-refractivity contribution is -0.394. The normalized spacial score (nSPS) is 11.8. The van der Waals surface area contributed by atoms with Gasteiger partial charge in [0, 0.05) is 0 Å². The molecule has 2 aromatic rings. The number of rotatable bonds is 4. The fourth-order valence-corrected chi connectivity index (χ4v) is 3.18. The Labute approximate surface area is 114 Å². The molecule has 0 aliphatic rings. The van der Waals surface area contributed by atoms with Gasteiger partial charge < -0.3 is 10.1 Å². The molecule has 0 amide bonds. The molecule has 20 heavy (non-hydrogen) atoms. The summed E-state index contributed by atoms with van der Waals surface area (Å²) < 4.78 is 24.9. The number of nitrogens with zero attached hydrogens (tertiary/aromatic N) is 3. The summed E-state index contributed by atoms with van der Waals surface area (Å²) in [6.07, 6.45) is 0. The van der Waals surface area contributed by atoms with Crippen molar-refractivity contribution in [3.63, 3.8) is 0 Å². The number of sulfone groups is 1. The maximum absolute atomic E-state index is 12.4. The van der Waals surface area contributed by atoms with Crippen LogP contribution in [-0.4, -0.2) is 28.5 Å². The number of aromatic nitrogens is 3. The van der Waals surface area contributed by atoms with Crippen LogP contribution in [0, 0.1) is 10.1 Å². The van der Waals surface area contributed by atoms with Crippen molar-refractivity contribution >= 4 is 15.8 Å². The summed E-state index contributed by atoms with van der Waals surface area (Å²) in [5, 5.41) is 15.3. The lowest BCUT2D eigenvalue weighted by Gasteiger charge is -2.10. The van der Waals surface area contributed by atoms with Crippen molar-refractivity contribution < 1.29 is 13.3 Å². The van der Waals surface area contributed by atoms with Gasteiger partial charge in [0.15, 0.2) is 0 Å². The molecule has 0 bridgehead atoms. The third kappa shape index (κ3) is 2.39. The molecular weight excluding hydrogens is 284 g/mol. The second-order valence-corrected chi connectivity index (χ2v) is 6.21. The van der Waals surface area contributed by atoms with Crippen LogP contribution in [0.3, 0.4) is 0 Å². The summed E-state index contributed by atoms with van der Waals surface area (Å²) in [7, 11) is -3.99. The second-order valence-electron chi connectivity index (χ2n) is 4.39. The SMILES string of the molecule is CC(C)c1ccccc1S(=O)(=O)c1n[nH]c([N+](=O)[O-])n1. The first kappa shape index (κ1) is 14.1. The molecule has 0 saturated carbocycles. The summed E-state index contributed by atoms with van der Waals surface area (Å²) in [6, 6.07) is 6.44. The Bertz CT molecular complexity index is 751. The van der Waals surface area contributed by atoms with Gasteiger partial charge in [-0.25, -0.2) is 8.42 Å². The van der Waals surface area contributed by atoms with Crippen molar-refractivity contribution in [3.8, 4) is 0 Å². The third-order valence-corrected chi connectivity index (χ3v) is 4.31. The van der Waals surface area contributed by atoms with Crippen LogP contribution in [0.4, 0.5) is 5.95 Å². The molecular formula is C11H12N4O4S. The van der Waals surface area contributed by atoms with Gasteiger partial charge in [-0.05, 0) is 27.5 Å². The lowest BCUT2D eigenvalue weighted by Crippen LogP contribution is -2.08. The van der Waals surface area contributed by atoms with Crippen LogP contribution in [0.15, 0.2) is 34.3 Å². The Balaban J connectivity index is 2.58. The molecule has 0 spiro atoms. The summed E-state index contributed by atoms with van der Waals surface area (Å²) in [5.74, 6) is -0.722. The van der Waals surface area contributed by atoms with E-state index in [9.17, 15) is 18.5 Å². The maximum atomic E-state index is 12.4. The highest BCUT2D eigenvalue weighted by Crippen LogP contribution is 2.27. The standard InChI is InChI=1S/C11H12N4O4S/c1-7(2)8-5-3-4-6-9(8)20(18,19)11-12-10(13-14-11)15(16)17/h3-7H,1-2H3,(H,12,13,14). The highest BCUT2D eigenvalue weighted by atomic mass is 32.2. The molecule has 2 rings (SSSR count). The predicted octanol–water partition coefficient (Wildman–Crippen LogP) is 1.67. The van der Waals surface area contributed by atoms with Crippen LogP contribution in [0.1, 0.15) is 25.3 Å². The van der Waals surface area contributed by atoms with E-state index in [1.165, 1.54) is 6.07 Å². The van der Waals surface area contributed by atoms with E-state index in [1.807, 2.05) is 18.9 Å². The molecule has 1 aromatic heterocycles. The number of hydrogen-bond donors (Lipinski definition) is 1. The smallest absolute Gasteiger partial charge is 0.390 e. The molecule has 106 valence electrons. The van der Waals surface area contributed by atoms with Crippen molar-refractivity contribution in [2.24, 2.45) is 0 Å². The topological polar surface area (TPSA) is 119 Å². The van der Waals surface area contributed by atoms with E-state index in [-0.39, 0.29) is 10.8 Å². The van der Waals surface area contributed by atoms with Gasteiger partial charge in [-0.1, -0.05) is 37.1 Å². The summed E-state index contributed by atoms with van der Waals surface area (Å²) in [6.45, 7) is 3.71. The second kappa shape index (κ2) is 5.00. The van der Waals surface area contributed by atoms with Crippen LogP contribution >= 0.6 is 0 Å². The molecule has 9 heteroatoms. The lowest BCUT2D eigenvalue weighted by atomic mass is 10.0.